The molecule has 0 amide bonds. The fraction of sp³-hybridized carbons (Fsp3) is 0.556. The van der Waals surface area contributed by atoms with Crippen LogP contribution in [0.5, 0.6) is 0 Å². The molecule has 1 saturated heterocycles. The van der Waals surface area contributed by atoms with E-state index in [9.17, 15) is 24.9 Å². The number of aromatic nitrogens is 2. The summed E-state index contributed by atoms with van der Waals surface area (Å²) in [6.45, 7) is -0.926. The Hall–Kier alpha value is -1.48. The van der Waals surface area contributed by atoms with E-state index < -0.39 is 35.8 Å². The SMILES string of the molecule is O=c1ccn([C@@]2(CO)OC[C@@H](O)[C@@H]2O)c(=O)[nH]1. The van der Waals surface area contributed by atoms with Gasteiger partial charge in [0, 0.05) is 12.3 Å². The lowest BCUT2D eigenvalue weighted by Crippen LogP contribution is -2.53. The molecule has 8 heteroatoms. The summed E-state index contributed by atoms with van der Waals surface area (Å²) in [5.74, 6) is 0. The quantitative estimate of drug-likeness (QED) is 0.437. The molecule has 0 bridgehead atoms. The Bertz CT molecular complexity index is 523. The van der Waals surface area contributed by atoms with E-state index in [4.69, 9.17) is 4.74 Å². The summed E-state index contributed by atoms with van der Waals surface area (Å²) in [5, 5.41) is 28.5. The Balaban J connectivity index is 2.56. The van der Waals surface area contributed by atoms with Gasteiger partial charge in [-0.15, -0.1) is 0 Å². The average Bonchev–Trinajstić information content (AvgIpc) is 2.58. The van der Waals surface area contributed by atoms with Crippen LogP contribution in [0.25, 0.3) is 0 Å². The highest BCUT2D eigenvalue weighted by Crippen LogP contribution is 2.29. The van der Waals surface area contributed by atoms with Crippen molar-refractivity contribution >= 4 is 0 Å². The van der Waals surface area contributed by atoms with Crippen molar-refractivity contribution in [2.24, 2.45) is 0 Å². The molecule has 4 N–H and O–H groups in total. The van der Waals surface area contributed by atoms with Crippen LogP contribution in [-0.4, -0.2) is 50.3 Å². The number of H-pyrrole nitrogens is 1. The topological polar surface area (TPSA) is 125 Å². The number of nitrogens with one attached hydrogen (secondary N) is 1. The Morgan fingerprint density at radius 3 is 2.71 bits per heavy atom. The van der Waals surface area contributed by atoms with Crippen molar-refractivity contribution in [3.8, 4) is 0 Å². The summed E-state index contributed by atoms with van der Waals surface area (Å²) in [5.41, 5.74) is -3.20. The fourth-order valence-electron chi connectivity index (χ4n) is 1.85. The van der Waals surface area contributed by atoms with Gasteiger partial charge in [-0.2, -0.15) is 0 Å². The van der Waals surface area contributed by atoms with Crippen molar-refractivity contribution in [2.45, 2.75) is 17.9 Å². The van der Waals surface area contributed by atoms with Crippen LogP contribution in [-0.2, 0) is 10.5 Å². The van der Waals surface area contributed by atoms with Crippen molar-refractivity contribution in [1.29, 1.82) is 0 Å². The molecular weight excluding hydrogens is 232 g/mol. The van der Waals surface area contributed by atoms with E-state index in [0.717, 1.165) is 16.8 Å². The minimum absolute atomic E-state index is 0.215. The van der Waals surface area contributed by atoms with Crippen molar-refractivity contribution < 1.29 is 20.1 Å². The number of aliphatic hydroxyl groups is 3. The van der Waals surface area contributed by atoms with Crippen molar-refractivity contribution in [2.75, 3.05) is 13.2 Å². The van der Waals surface area contributed by atoms with Gasteiger partial charge < -0.3 is 20.1 Å². The second-order valence-corrected chi connectivity index (χ2v) is 3.81. The van der Waals surface area contributed by atoms with Crippen LogP contribution in [0.3, 0.4) is 0 Å². The predicted molar refractivity (Wildman–Crippen MR) is 54.3 cm³/mol. The van der Waals surface area contributed by atoms with Gasteiger partial charge in [-0.1, -0.05) is 0 Å². The molecule has 0 saturated carbocycles. The maximum absolute atomic E-state index is 11.6. The highest BCUT2D eigenvalue weighted by molar-refractivity contribution is 4.98. The first-order valence-corrected chi connectivity index (χ1v) is 4.94. The summed E-state index contributed by atoms with van der Waals surface area (Å²) in [6, 6.07) is 1.06. The number of aromatic amines is 1. The molecule has 0 aliphatic carbocycles. The molecule has 0 radical (unpaired) electrons. The van der Waals surface area contributed by atoms with Gasteiger partial charge in [0.1, 0.15) is 12.2 Å². The van der Waals surface area contributed by atoms with Crippen LogP contribution in [0.4, 0.5) is 0 Å². The zero-order valence-corrected chi connectivity index (χ0v) is 8.74. The van der Waals surface area contributed by atoms with E-state index >= 15 is 0 Å². The van der Waals surface area contributed by atoms with Crippen LogP contribution in [0, 0.1) is 0 Å². The number of nitrogens with zero attached hydrogens (tertiary/aromatic N) is 1. The molecule has 17 heavy (non-hydrogen) atoms. The third-order valence-corrected chi connectivity index (χ3v) is 2.79. The number of rotatable bonds is 2. The molecule has 2 rings (SSSR count). The molecule has 94 valence electrons. The van der Waals surface area contributed by atoms with E-state index in [1.165, 1.54) is 0 Å². The van der Waals surface area contributed by atoms with Gasteiger partial charge >= 0.3 is 5.69 Å². The molecule has 0 unspecified atom stereocenters. The smallest absolute Gasteiger partial charge is 0.330 e. The molecular formula is C9H12N2O6. The largest absolute Gasteiger partial charge is 0.391 e. The fourth-order valence-corrected chi connectivity index (χ4v) is 1.85. The standard InChI is InChI=1S/C9H12N2O6/c12-4-9(7(15)5(13)3-17-9)11-2-1-6(14)10-8(11)16/h1-2,5,7,12-13,15H,3-4H2,(H,10,14,16)/t5-,7+,9+/m1/s1. The van der Waals surface area contributed by atoms with E-state index in [1.807, 2.05) is 4.98 Å². The number of hydrogen-bond acceptors (Lipinski definition) is 6. The first kappa shape index (κ1) is 12.0. The van der Waals surface area contributed by atoms with Crippen LogP contribution < -0.4 is 11.2 Å². The second kappa shape index (κ2) is 4.08. The lowest BCUT2D eigenvalue weighted by atomic mass is 10.1. The highest BCUT2D eigenvalue weighted by atomic mass is 16.6. The van der Waals surface area contributed by atoms with Gasteiger partial charge in [-0.25, -0.2) is 4.79 Å². The molecule has 0 spiro atoms. The molecule has 2 heterocycles. The van der Waals surface area contributed by atoms with Gasteiger partial charge in [-0.3, -0.25) is 14.3 Å². The second-order valence-electron chi connectivity index (χ2n) is 3.81. The Morgan fingerprint density at radius 2 is 2.24 bits per heavy atom. The third kappa shape index (κ3) is 1.71. The molecule has 3 atom stereocenters. The van der Waals surface area contributed by atoms with E-state index in [-0.39, 0.29) is 6.61 Å². The van der Waals surface area contributed by atoms with Gasteiger partial charge in [0.05, 0.1) is 13.2 Å². The summed E-state index contributed by atoms with van der Waals surface area (Å²) in [7, 11) is 0. The van der Waals surface area contributed by atoms with Crippen molar-refractivity contribution in [3.63, 3.8) is 0 Å². The normalized spacial score (nSPS) is 32.9. The lowest BCUT2D eigenvalue weighted by Gasteiger charge is -2.31. The summed E-state index contributed by atoms with van der Waals surface area (Å²) in [6.07, 6.45) is -1.57. The zero-order chi connectivity index (χ0) is 12.6. The molecule has 1 aromatic rings. The first-order chi connectivity index (χ1) is 8.01. The molecule has 1 fully saturated rings. The molecule has 8 nitrogen and oxygen atoms in total. The van der Waals surface area contributed by atoms with Crippen LogP contribution >= 0.6 is 0 Å². The summed E-state index contributed by atoms with van der Waals surface area (Å²) < 4.78 is 5.97. The number of hydrogen-bond donors (Lipinski definition) is 4. The summed E-state index contributed by atoms with van der Waals surface area (Å²) in [4.78, 5) is 24.5. The maximum atomic E-state index is 11.6. The first-order valence-electron chi connectivity index (χ1n) is 4.94. The Kier molecular flexibility index (Phi) is 2.87. The van der Waals surface area contributed by atoms with E-state index in [2.05, 4.69) is 0 Å². The Labute approximate surface area is 94.7 Å². The Morgan fingerprint density at radius 1 is 1.53 bits per heavy atom. The number of ether oxygens (including phenoxy) is 1. The van der Waals surface area contributed by atoms with E-state index in [1.54, 1.807) is 0 Å². The highest BCUT2D eigenvalue weighted by Gasteiger charge is 2.50. The number of aliphatic hydroxyl groups excluding tert-OH is 3. The molecule has 1 aliphatic rings. The van der Waals surface area contributed by atoms with Crippen molar-refractivity contribution in [3.05, 3.63) is 33.1 Å². The zero-order valence-electron chi connectivity index (χ0n) is 8.74. The van der Waals surface area contributed by atoms with Crippen molar-refractivity contribution in [1.82, 2.24) is 9.55 Å². The average molecular weight is 244 g/mol. The minimum atomic E-state index is -1.76. The lowest BCUT2D eigenvalue weighted by molar-refractivity contribution is -0.154. The third-order valence-electron chi connectivity index (χ3n) is 2.79. The minimum Gasteiger partial charge on any atom is -0.391 e. The molecule has 0 aromatic carbocycles. The van der Waals surface area contributed by atoms with Crippen LogP contribution in [0.2, 0.25) is 0 Å². The van der Waals surface area contributed by atoms with Gasteiger partial charge in [0.2, 0.25) is 5.72 Å². The van der Waals surface area contributed by atoms with E-state index in [0.29, 0.717) is 0 Å². The monoisotopic (exact) mass is 244 g/mol. The van der Waals surface area contributed by atoms with Gasteiger partial charge in [0.25, 0.3) is 5.56 Å². The van der Waals surface area contributed by atoms with Gasteiger partial charge in [-0.05, 0) is 0 Å². The predicted octanol–water partition coefficient (Wildman–Crippen LogP) is -3.07. The summed E-state index contributed by atoms with van der Waals surface area (Å²) >= 11 is 0. The van der Waals surface area contributed by atoms with Crippen LogP contribution in [0.15, 0.2) is 21.9 Å². The van der Waals surface area contributed by atoms with Gasteiger partial charge in [0.15, 0.2) is 0 Å². The molecule has 1 aromatic heterocycles. The maximum Gasteiger partial charge on any atom is 0.330 e. The van der Waals surface area contributed by atoms with Crippen LogP contribution in [0.1, 0.15) is 0 Å². The molecule has 1 aliphatic heterocycles.